The van der Waals surface area contributed by atoms with Crippen molar-refractivity contribution < 1.29 is 4.79 Å². The molecule has 0 aliphatic heterocycles. The van der Waals surface area contributed by atoms with Crippen molar-refractivity contribution in [2.24, 2.45) is 0 Å². The number of aromatic nitrogens is 2. The van der Waals surface area contributed by atoms with Crippen LogP contribution in [0, 0.1) is 0 Å². The zero-order valence-electron chi connectivity index (χ0n) is 9.34. The van der Waals surface area contributed by atoms with Gasteiger partial charge in [0.15, 0.2) is 0 Å². The van der Waals surface area contributed by atoms with Crippen LogP contribution in [0.4, 0.5) is 17.3 Å². The monoisotopic (exact) mass is 228 g/mol. The molecule has 0 radical (unpaired) electrons. The number of hydrogen-bond acceptors (Lipinski definition) is 4. The molecule has 17 heavy (non-hydrogen) atoms. The van der Waals surface area contributed by atoms with Gasteiger partial charge in [0.25, 0.3) is 0 Å². The molecule has 0 atom stereocenters. The Hall–Kier alpha value is -2.43. The van der Waals surface area contributed by atoms with Gasteiger partial charge in [0.2, 0.25) is 11.9 Å². The number of hydrogen-bond donors (Lipinski definition) is 2. The first-order valence-corrected chi connectivity index (χ1v) is 5.16. The zero-order chi connectivity index (χ0) is 12.1. The summed E-state index contributed by atoms with van der Waals surface area (Å²) in [6.07, 6.45) is 3.11. The maximum Gasteiger partial charge on any atom is 0.227 e. The van der Waals surface area contributed by atoms with Crippen LogP contribution in [0.1, 0.15) is 6.92 Å². The fraction of sp³-hybridized carbons (Fsp3) is 0.0833. The minimum Gasteiger partial charge on any atom is -0.324 e. The molecule has 0 unspecified atom stereocenters. The lowest BCUT2D eigenvalue weighted by molar-refractivity contribution is -0.114. The van der Waals surface area contributed by atoms with Crippen molar-refractivity contribution >= 4 is 23.2 Å². The molecule has 0 bridgehead atoms. The molecule has 1 aromatic heterocycles. The molecule has 0 aliphatic carbocycles. The molecule has 0 saturated heterocycles. The molecule has 86 valence electrons. The van der Waals surface area contributed by atoms with E-state index >= 15 is 0 Å². The molecule has 1 heterocycles. The van der Waals surface area contributed by atoms with Crippen LogP contribution < -0.4 is 10.6 Å². The lowest BCUT2D eigenvalue weighted by Gasteiger charge is -2.05. The highest BCUT2D eigenvalue weighted by atomic mass is 16.1. The number of para-hydroxylation sites is 1. The minimum atomic E-state index is -0.141. The Labute approximate surface area is 98.9 Å². The summed E-state index contributed by atoms with van der Waals surface area (Å²) in [4.78, 5) is 19.0. The van der Waals surface area contributed by atoms with Gasteiger partial charge in [-0.25, -0.2) is 9.97 Å². The Morgan fingerprint density at radius 3 is 2.29 bits per heavy atom. The largest absolute Gasteiger partial charge is 0.324 e. The van der Waals surface area contributed by atoms with Crippen LogP contribution in [-0.4, -0.2) is 15.9 Å². The van der Waals surface area contributed by atoms with Crippen molar-refractivity contribution in [3.05, 3.63) is 42.7 Å². The highest BCUT2D eigenvalue weighted by Crippen LogP contribution is 2.12. The van der Waals surface area contributed by atoms with Gasteiger partial charge in [-0.1, -0.05) is 18.2 Å². The van der Waals surface area contributed by atoms with E-state index in [1.165, 1.54) is 6.92 Å². The molecule has 1 aromatic carbocycles. The summed E-state index contributed by atoms with van der Waals surface area (Å²) in [5.41, 5.74) is 1.50. The quantitative estimate of drug-likeness (QED) is 0.845. The summed E-state index contributed by atoms with van der Waals surface area (Å²) in [5.74, 6) is 0.350. The van der Waals surface area contributed by atoms with E-state index < -0.39 is 0 Å². The average Bonchev–Trinajstić information content (AvgIpc) is 2.32. The van der Waals surface area contributed by atoms with Crippen LogP contribution in [0.2, 0.25) is 0 Å². The van der Waals surface area contributed by atoms with Crippen LogP contribution in [0.25, 0.3) is 0 Å². The van der Waals surface area contributed by atoms with Gasteiger partial charge in [-0.3, -0.25) is 4.79 Å². The van der Waals surface area contributed by atoms with Gasteiger partial charge in [-0.05, 0) is 12.1 Å². The number of carbonyl (C=O) groups is 1. The Bertz CT molecular complexity index is 496. The Balaban J connectivity index is 2.06. The summed E-state index contributed by atoms with van der Waals surface area (Å²) >= 11 is 0. The van der Waals surface area contributed by atoms with Crippen molar-refractivity contribution in [1.29, 1.82) is 0 Å². The van der Waals surface area contributed by atoms with Gasteiger partial charge in [-0.2, -0.15) is 0 Å². The van der Waals surface area contributed by atoms with E-state index in [1.54, 1.807) is 12.4 Å². The third-order valence-electron chi connectivity index (χ3n) is 2.00. The lowest BCUT2D eigenvalue weighted by Crippen LogP contribution is -2.07. The van der Waals surface area contributed by atoms with Gasteiger partial charge in [0.05, 0.1) is 18.1 Å². The summed E-state index contributed by atoms with van der Waals surface area (Å²) < 4.78 is 0. The number of amides is 1. The molecular formula is C12H12N4O. The first-order valence-electron chi connectivity index (χ1n) is 5.16. The standard InChI is InChI=1S/C12H12N4O/c1-9(17)15-11-7-13-12(14-8-11)16-10-5-3-2-4-6-10/h2-8H,1H3,(H,15,17)(H,13,14,16). The smallest absolute Gasteiger partial charge is 0.227 e. The van der Waals surface area contributed by atoms with Crippen LogP contribution in [-0.2, 0) is 4.79 Å². The van der Waals surface area contributed by atoms with Crippen LogP contribution in [0.5, 0.6) is 0 Å². The number of anilines is 3. The van der Waals surface area contributed by atoms with E-state index in [0.29, 0.717) is 11.6 Å². The van der Waals surface area contributed by atoms with Gasteiger partial charge in [0, 0.05) is 12.6 Å². The summed E-state index contributed by atoms with van der Waals surface area (Å²) in [5, 5.41) is 5.65. The number of nitrogens with one attached hydrogen (secondary N) is 2. The summed E-state index contributed by atoms with van der Waals surface area (Å²) in [6.45, 7) is 1.44. The Morgan fingerprint density at radius 1 is 1.06 bits per heavy atom. The normalized spacial score (nSPS) is 9.71. The fourth-order valence-electron chi connectivity index (χ4n) is 1.31. The number of benzene rings is 1. The van der Waals surface area contributed by atoms with Crippen LogP contribution in [0.3, 0.4) is 0 Å². The highest BCUT2D eigenvalue weighted by molar-refractivity contribution is 5.88. The Morgan fingerprint density at radius 2 is 1.71 bits per heavy atom. The van der Waals surface area contributed by atoms with Gasteiger partial charge in [0.1, 0.15) is 0 Å². The van der Waals surface area contributed by atoms with Gasteiger partial charge < -0.3 is 10.6 Å². The predicted octanol–water partition coefficient (Wildman–Crippen LogP) is 2.18. The van der Waals surface area contributed by atoms with Crippen molar-refractivity contribution in [2.45, 2.75) is 6.92 Å². The molecule has 1 amide bonds. The highest BCUT2D eigenvalue weighted by Gasteiger charge is 1.99. The van der Waals surface area contributed by atoms with E-state index in [-0.39, 0.29) is 5.91 Å². The second-order valence-corrected chi connectivity index (χ2v) is 3.47. The van der Waals surface area contributed by atoms with Crippen molar-refractivity contribution in [2.75, 3.05) is 10.6 Å². The first-order chi connectivity index (χ1) is 8.24. The lowest BCUT2D eigenvalue weighted by atomic mass is 10.3. The van der Waals surface area contributed by atoms with Crippen LogP contribution in [0.15, 0.2) is 42.7 Å². The third kappa shape index (κ3) is 3.27. The van der Waals surface area contributed by atoms with E-state index in [2.05, 4.69) is 20.6 Å². The number of rotatable bonds is 3. The summed E-state index contributed by atoms with van der Waals surface area (Å²) in [6, 6.07) is 9.63. The summed E-state index contributed by atoms with van der Waals surface area (Å²) in [7, 11) is 0. The maximum absolute atomic E-state index is 10.8. The second-order valence-electron chi connectivity index (χ2n) is 3.47. The maximum atomic E-state index is 10.8. The number of carbonyl (C=O) groups excluding carboxylic acids is 1. The van der Waals surface area contributed by atoms with Crippen molar-refractivity contribution in [1.82, 2.24) is 9.97 Å². The van der Waals surface area contributed by atoms with E-state index in [0.717, 1.165) is 5.69 Å². The minimum absolute atomic E-state index is 0.141. The SMILES string of the molecule is CC(=O)Nc1cnc(Nc2ccccc2)nc1. The molecule has 0 saturated carbocycles. The van der Waals surface area contributed by atoms with Gasteiger partial charge in [-0.15, -0.1) is 0 Å². The Kier molecular flexibility index (Phi) is 3.30. The molecule has 2 rings (SSSR count). The molecular weight excluding hydrogens is 216 g/mol. The molecule has 2 N–H and O–H groups in total. The van der Waals surface area contributed by atoms with Crippen molar-refractivity contribution in [3.63, 3.8) is 0 Å². The molecule has 2 aromatic rings. The van der Waals surface area contributed by atoms with Crippen LogP contribution >= 0.6 is 0 Å². The predicted molar refractivity (Wildman–Crippen MR) is 66.1 cm³/mol. The topological polar surface area (TPSA) is 66.9 Å². The fourth-order valence-corrected chi connectivity index (χ4v) is 1.31. The third-order valence-corrected chi connectivity index (χ3v) is 2.00. The molecule has 0 fully saturated rings. The second kappa shape index (κ2) is 5.07. The molecule has 0 aliphatic rings. The average molecular weight is 228 g/mol. The van der Waals surface area contributed by atoms with E-state index in [1.807, 2.05) is 30.3 Å². The molecule has 0 spiro atoms. The first kappa shape index (κ1) is 11.1. The van der Waals surface area contributed by atoms with Gasteiger partial charge >= 0.3 is 0 Å². The number of nitrogens with zero attached hydrogens (tertiary/aromatic N) is 2. The van der Waals surface area contributed by atoms with E-state index in [4.69, 9.17) is 0 Å². The van der Waals surface area contributed by atoms with Crippen molar-refractivity contribution in [3.8, 4) is 0 Å². The zero-order valence-corrected chi connectivity index (χ0v) is 9.34. The van der Waals surface area contributed by atoms with E-state index in [9.17, 15) is 4.79 Å². The molecule has 5 nitrogen and oxygen atoms in total. The molecule has 5 heteroatoms.